The van der Waals surface area contributed by atoms with Crippen LogP contribution in [0, 0.1) is 5.82 Å². The van der Waals surface area contributed by atoms with Crippen LogP contribution >= 0.6 is 0 Å². The van der Waals surface area contributed by atoms with Crippen LogP contribution in [0.25, 0.3) is 0 Å². The van der Waals surface area contributed by atoms with Gasteiger partial charge in [-0.15, -0.1) is 0 Å². The number of carboxylic acid groups (broad SMARTS) is 1. The van der Waals surface area contributed by atoms with Gasteiger partial charge in [0.05, 0.1) is 17.9 Å². The van der Waals surface area contributed by atoms with Crippen LogP contribution in [0.2, 0.25) is 0 Å². The highest BCUT2D eigenvalue weighted by Gasteiger charge is 2.22. The van der Waals surface area contributed by atoms with E-state index in [2.05, 4.69) is 16.1 Å². The molecule has 3 rings (SSSR count). The summed E-state index contributed by atoms with van der Waals surface area (Å²) in [4.78, 5) is 28.2. The van der Waals surface area contributed by atoms with Crippen molar-refractivity contribution in [3.63, 3.8) is 0 Å². The zero-order valence-corrected chi connectivity index (χ0v) is 17.3. The Kier molecular flexibility index (Phi) is 8.30. The van der Waals surface area contributed by atoms with E-state index in [-0.39, 0.29) is 37.1 Å². The largest absolute Gasteiger partial charge is 0.481 e. The van der Waals surface area contributed by atoms with Crippen molar-refractivity contribution in [2.24, 2.45) is 0 Å². The fourth-order valence-electron chi connectivity index (χ4n) is 4.22. The van der Waals surface area contributed by atoms with Crippen molar-refractivity contribution in [1.29, 1.82) is 0 Å². The average molecular weight is 422 g/mol. The maximum Gasteiger partial charge on any atom is 0.303 e. The number of halogens is 1. The summed E-state index contributed by atoms with van der Waals surface area (Å²) < 4.78 is 14.8. The Balaban J connectivity index is 1.70. The Bertz CT molecular complexity index is 731. The normalized spacial score (nSPS) is 17.6. The summed E-state index contributed by atoms with van der Waals surface area (Å²) >= 11 is 0. The molecule has 4 N–H and O–H groups in total. The Morgan fingerprint density at radius 3 is 2.20 bits per heavy atom. The molecule has 0 aromatic heterocycles. The van der Waals surface area contributed by atoms with Crippen LogP contribution in [0.3, 0.4) is 0 Å². The summed E-state index contributed by atoms with van der Waals surface area (Å²) in [6.45, 7) is 0.0766. The van der Waals surface area contributed by atoms with E-state index in [9.17, 15) is 14.0 Å². The molecule has 30 heavy (non-hydrogen) atoms. The van der Waals surface area contributed by atoms with E-state index < -0.39 is 17.7 Å². The van der Waals surface area contributed by atoms with Crippen LogP contribution < -0.4 is 16.1 Å². The van der Waals surface area contributed by atoms with Crippen LogP contribution in [0.5, 0.6) is 0 Å². The Labute approximate surface area is 176 Å². The fourth-order valence-corrected chi connectivity index (χ4v) is 4.22. The van der Waals surface area contributed by atoms with Crippen molar-refractivity contribution >= 4 is 23.3 Å². The quantitative estimate of drug-likeness (QED) is 0.329. The van der Waals surface area contributed by atoms with Gasteiger partial charge in [-0.05, 0) is 44.2 Å². The van der Waals surface area contributed by atoms with E-state index in [0.29, 0.717) is 11.4 Å². The number of hydrogen-bond acceptors (Lipinski definition) is 5. The number of rotatable bonds is 10. The van der Waals surface area contributed by atoms with Crippen LogP contribution in [0.1, 0.15) is 81.0 Å². The molecule has 2 saturated carbocycles. The number of amides is 1. The topological polar surface area (TPSA) is 99.7 Å². The lowest BCUT2D eigenvalue weighted by atomic mass is 9.95. The lowest BCUT2D eigenvalue weighted by Crippen LogP contribution is -2.27. The molecular formula is C22H32FN3O4. The molecule has 0 heterocycles. The molecule has 166 valence electrons. The first-order valence-corrected chi connectivity index (χ1v) is 11.0. The van der Waals surface area contributed by atoms with Crippen LogP contribution in [0.4, 0.5) is 15.8 Å². The molecule has 0 bridgehead atoms. The van der Waals surface area contributed by atoms with Gasteiger partial charge in [0, 0.05) is 24.2 Å². The van der Waals surface area contributed by atoms with E-state index in [1.807, 2.05) is 0 Å². The minimum absolute atomic E-state index is 0.0412. The second kappa shape index (κ2) is 11.2. The van der Waals surface area contributed by atoms with Gasteiger partial charge < -0.3 is 15.7 Å². The highest BCUT2D eigenvalue weighted by molar-refractivity contribution is 5.99. The van der Waals surface area contributed by atoms with Gasteiger partial charge in [-0.2, -0.15) is 0 Å². The monoisotopic (exact) mass is 421 g/mol. The molecule has 0 saturated heterocycles. The second-order valence-electron chi connectivity index (χ2n) is 8.26. The van der Waals surface area contributed by atoms with E-state index in [0.717, 1.165) is 51.4 Å². The summed E-state index contributed by atoms with van der Waals surface area (Å²) in [6, 6.07) is 3.46. The van der Waals surface area contributed by atoms with Crippen LogP contribution in [-0.4, -0.2) is 35.7 Å². The zero-order valence-electron chi connectivity index (χ0n) is 17.3. The van der Waals surface area contributed by atoms with Crippen molar-refractivity contribution in [2.45, 2.75) is 82.7 Å². The Hall–Kier alpha value is -2.35. The van der Waals surface area contributed by atoms with Crippen molar-refractivity contribution in [3.8, 4) is 0 Å². The standard InChI is InChI=1S/C22H32FN3O4/c23-18-13-17(22(29)26-30-12-6-11-21(27)28)19(24-15-9-4-5-10-15)14-20(18)25-16-7-2-1-3-8-16/h13-16,24-25H,1-12H2,(H,26,29)(H,27,28). The first kappa shape index (κ1) is 22.3. The van der Waals surface area contributed by atoms with Crippen molar-refractivity contribution < 1.29 is 23.9 Å². The smallest absolute Gasteiger partial charge is 0.303 e. The molecule has 0 aliphatic heterocycles. The molecule has 2 aliphatic rings. The van der Waals surface area contributed by atoms with E-state index in [1.54, 1.807) is 6.07 Å². The van der Waals surface area contributed by atoms with Gasteiger partial charge in [0.15, 0.2) is 0 Å². The Morgan fingerprint density at radius 1 is 0.967 bits per heavy atom. The Morgan fingerprint density at radius 2 is 1.57 bits per heavy atom. The third-order valence-corrected chi connectivity index (χ3v) is 5.83. The maximum absolute atomic E-state index is 14.8. The van der Waals surface area contributed by atoms with Crippen LogP contribution in [0.15, 0.2) is 12.1 Å². The summed E-state index contributed by atoms with van der Waals surface area (Å²) in [5, 5.41) is 15.4. The molecule has 0 spiro atoms. The van der Waals surface area contributed by atoms with Gasteiger partial charge >= 0.3 is 5.97 Å². The number of hydrogen-bond donors (Lipinski definition) is 4. The highest BCUT2D eigenvalue weighted by atomic mass is 19.1. The third-order valence-electron chi connectivity index (χ3n) is 5.83. The average Bonchev–Trinajstić information content (AvgIpc) is 3.23. The minimum atomic E-state index is -0.920. The van der Waals surface area contributed by atoms with Gasteiger partial charge in [0.1, 0.15) is 5.82 Å². The van der Waals surface area contributed by atoms with E-state index in [1.165, 1.54) is 12.5 Å². The summed E-state index contributed by atoms with van der Waals surface area (Å²) in [5.74, 6) is -1.93. The molecule has 0 radical (unpaired) electrons. The molecule has 2 aliphatic carbocycles. The van der Waals surface area contributed by atoms with Crippen molar-refractivity contribution in [3.05, 3.63) is 23.5 Å². The van der Waals surface area contributed by atoms with Gasteiger partial charge in [-0.3, -0.25) is 14.4 Å². The number of benzene rings is 1. The van der Waals surface area contributed by atoms with Gasteiger partial charge in [-0.25, -0.2) is 9.87 Å². The lowest BCUT2D eigenvalue weighted by Gasteiger charge is -2.25. The number of carbonyl (C=O) groups excluding carboxylic acids is 1. The SMILES string of the molecule is O=C(O)CCCONC(=O)c1cc(F)c(NC2CCCCC2)cc1NC1CCCC1. The predicted octanol–water partition coefficient (Wildman–Crippen LogP) is 4.45. The van der Waals surface area contributed by atoms with Gasteiger partial charge in [0.2, 0.25) is 0 Å². The number of nitrogens with one attached hydrogen (secondary N) is 3. The first-order chi connectivity index (χ1) is 14.5. The third kappa shape index (κ3) is 6.58. The molecule has 0 unspecified atom stereocenters. The molecule has 1 aromatic carbocycles. The maximum atomic E-state index is 14.8. The molecule has 2 fully saturated rings. The number of carbonyl (C=O) groups is 2. The summed E-state index contributed by atoms with van der Waals surface area (Å²) in [7, 11) is 0. The lowest BCUT2D eigenvalue weighted by molar-refractivity contribution is -0.137. The predicted molar refractivity (Wildman–Crippen MR) is 113 cm³/mol. The number of carboxylic acids is 1. The summed E-state index contributed by atoms with van der Waals surface area (Å²) in [6.07, 6.45) is 10.1. The van der Waals surface area contributed by atoms with E-state index in [4.69, 9.17) is 9.94 Å². The second-order valence-corrected chi connectivity index (χ2v) is 8.26. The van der Waals surface area contributed by atoms with Crippen molar-refractivity contribution in [1.82, 2.24) is 5.48 Å². The first-order valence-electron chi connectivity index (χ1n) is 11.0. The molecule has 8 heteroatoms. The molecule has 7 nitrogen and oxygen atoms in total. The van der Waals surface area contributed by atoms with Crippen LogP contribution in [-0.2, 0) is 9.63 Å². The molecule has 0 atom stereocenters. The fraction of sp³-hybridized carbons (Fsp3) is 0.636. The number of hydroxylamine groups is 1. The molecular weight excluding hydrogens is 389 g/mol. The van der Waals surface area contributed by atoms with Crippen molar-refractivity contribution in [2.75, 3.05) is 17.2 Å². The van der Waals surface area contributed by atoms with E-state index >= 15 is 0 Å². The molecule has 1 amide bonds. The highest BCUT2D eigenvalue weighted by Crippen LogP contribution is 2.31. The summed E-state index contributed by atoms with van der Waals surface area (Å²) in [5.41, 5.74) is 3.50. The van der Waals surface area contributed by atoms with Gasteiger partial charge in [0.25, 0.3) is 5.91 Å². The zero-order chi connectivity index (χ0) is 21.3. The number of anilines is 2. The number of aliphatic carboxylic acids is 1. The molecule has 1 aromatic rings. The van der Waals surface area contributed by atoms with Gasteiger partial charge in [-0.1, -0.05) is 32.1 Å². The minimum Gasteiger partial charge on any atom is -0.481 e.